The molecule has 0 spiro atoms. The molecule has 6 nitrogen and oxygen atoms in total. The van der Waals surface area contributed by atoms with Crippen LogP contribution in [0.4, 0.5) is 10.5 Å². The summed E-state index contributed by atoms with van der Waals surface area (Å²) >= 11 is 11.9. The van der Waals surface area contributed by atoms with E-state index in [4.69, 9.17) is 27.9 Å². The first-order chi connectivity index (χ1) is 12.1. The lowest BCUT2D eigenvalue weighted by Gasteiger charge is -2.35. The lowest BCUT2D eigenvalue weighted by atomic mass is 10.2. The Labute approximate surface area is 168 Å². The Bertz CT molecular complexity index is 733. The summed E-state index contributed by atoms with van der Waals surface area (Å²) in [5, 5.41) is 6.98. The number of benzene rings is 1. The number of hydrogen-bond donors (Lipinski definition) is 2. The molecule has 2 amide bonds. The molecule has 1 aliphatic rings. The van der Waals surface area contributed by atoms with Gasteiger partial charge in [0.25, 0.3) is 0 Å². The first kappa shape index (κ1) is 20.6. The number of piperazine rings is 1. The van der Waals surface area contributed by atoms with Crippen LogP contribution < -0.4 is 15.4 Å². The van der Waals surface area contributed by atoms with E-state index < -0.39 is 0 Å². The van der Waals surface area contributed by atoms with Crippen LogP contribution in [0.15, 0.2) is 42.7 Å². The largest absolute Gasteiger partial charge is 0.490 e. The second-order valence-electron chi connectivity index (χ2n) is 5.61. The minimum atomic E-state index is -0.195. The lowest BCUT2D eigenvalue weighted by molar-refractivity contribution is 0.133. The lowest BCUT2D eigenvalue weighted by Crippen LogP contribution is -2.57. The van der Waals surface area contributed by atoms with Crippen molar-refractivity contribution >= 4 is 47.3 Å². The molecule has 1 atom stereocenters. The van der Waals surface area contributed by atoms with Gasteiger partial charge in [0.05, 0.1) is 22.3 Å². The minimum absolute atomic E-state index is 0. The fraction of sp³-hybridized carbons (Fsp3) is 0.294. The van der Waals surface area contributed by atoms with Gasteiger partial charge in [0.15, 0.2) is 0 Å². The predicted octanol–water partition coefficient (Wildman–Crippen LogP) is 3.69. The molecule has 3 rings (SSSR count). The molecule has 26 heavy (non-hydrogen) atoms. The van der Waals surface area contributed by atoms with Gasteiger partial charge in [-0.1, -0.05) is 23.2 Å². The zero-order valence-corrected chi connectivity index (χ0v) is 16.2. The standard InChI is InChI=1S/C17H18Cl2N4O2.ClH/c18-15-4-3-12(8-16(15)19)22-17(24)23-7-6-21-9-13(23)11-25-14-2-1-5-20-10-14;/h1-5,8,10,13,21H,6-7,9,11H2,(H,22,24);1H. The van der Waals surface area contributed by atoms with Gasteiger partial charge in [-0.15, -0.1) is 12.4 Å². The summed E-state index contributed by atoms with van der Waals surface area (Å²) in [7, 11) is 0. The van der Waals surface area contributed by atoms with Crippen LogP contribution >= 0.6 is 35.6 Å². The second kappa shape index (κ2) is 9.83. The molecular weight excluding hydrogens is 399 g/mol. The summed E-state index contributed by atoms with van der Waals surface area (Å²) in [4.78, 5) is 18.4. The molecule has 0 radical (unpaired) electrons. The van der Waals surface area contributed by atoms with Crippen LogP contribution in [0.1, 0.15) is 0 Å². The van der Waals surface area contributed by atoms with Gasteiger partial charge in [-0.25, -0.2) is 4.79 Å². The average molecular weight is 418 g/mol. The highest BCUT2D eigenvalue weighted by atomic mass is 35.5. The maximum atomic E-state index is 12.6. The van der Waals surface area contributed by atoms with Crippen LogP contribution in [0.2, 0.25) is 10.0 Å². The van der Waals surface area contributed by atoms with Crippen molar-refractivity contribution in [2.24, 2.45) is 0 Å². The topological polar surface area (TPSA) is 66.5 Å². The number of nitrogens with one attached hydrogen (secondary N) is 2. The van der Waals surface area contributed by atoms with Crippen molar-refractivity contribution in [1.29, 1.82) is 0 Å². The highest BCUT2D eigenvalue weighted by Crippen LogP contribution is 2.25. The number of pyridine rings is 1. The van der Waals surface area contributed by atoms with Gasteiger partial charge in [0, 0.05) is 31.5 Å². The van der Waals surface area contributed by atoms with Crippen LogP contribution in [-0.2, 0) is 0 Å². The molecule has 2 N–H and O–H groups in total. The molecule has 140 valence electrons. The van der Waals surface area contributed by atoms with Crippen LogP contribution in [0.3, 0.4) is 0 Å². The van der Waals surface area contributed by atoms with Gasteiger partial charge < -0.3 is 20.3 Å². The maximum Gasteiger partial charge on any atom is 0.322 e. The van der Waals surface area contributed by atoms with E-state index in [0.29, 0.717) is 41.2 Å². The highest BCUT2D eigenvalue weighted by molar-refractivity contribution is 6.42. The first-order valence-electron chi connectivity index (χ1n) is 7.89. The van der Waals surface area contributed by atoms with Gasteiger partial charge in [-0.2, -0.15) is 0 Å². The number of urea groups is 1. The Morgan fingerprint density at radius 2 is 2.19 bits per heavy atom. The van der Waals surface area contributed by atoms with Gasteiger partial charge in [0.1, 0.15) is 12.4 Å². The summed E-state index contributed by atoms with van der Waals surface area (Å²) in [6.07, 6.45) is 3.34. The number of hydrogen-bond acceptors (Lipinski definition) is 4. The van der Waals surface area contributed by atoms with Crippen molar-refractivity contribution < 1.29 is 9.53 Å². The highest BCUT2D eigenvalue weighted by Gasteiger charge is 2.27. The third-order valence-electron chi connectivity index (χ3n) is 3.86. The molecule has 1 fully saturated rings. The van der Waals surface area contributed by atoms with Gasteiger partial charge in [-0.3, -0.25) is 4.98 Å². The van der Waals surface area contributed by atoms with Crippen molar-refractivity contribution in [3.05, 3.63) is 52.8 Å². The van der Waals surface area contributed by atoms with E-state index >= 15 is 0 Å². The molecule has 1 saturated heterocycles. The average Bonchev–Trinajstić information content (AvgIpc) is 2.64. The number of rotatable bonds is 4. The van der Waals surface area contributed by atoms with Gasteiger partial charge in [0.2, 0.25) is 0 Å². The molecule has 0 saturated carbocycles. The van der Waals surface area contributed by atoms with Gasteiger partial charge in [-0.05, 0) is 30.3 Å². The van der Waals surface area contributed by atoms with Crippen molar-refractivity contribution in [2.75, 3.05) is 31.6 Å². The molecule has 0 aliphatic carbocycles. The monoisotopic (exact) mass is 416 g/mol. The quantitative estimate of drug-likeness (QED) is 0.796. The summed E-state index contributed by atoms with van der Waals surface area (Å²) in [6.45, 7) is 2.37. The Hall–Kier alpha value is -1.73. The van der Waals surface area contributed by atoms with E-state index in [2.05, 4.69) is 15.6 Å². The van der Waals surface area contributed by atoms with E-state index in [9.17, 15) is 4.79 Å². The zero-order valence-electron chi connectivity index (χ0n) is 13.8. The molecule has 1 aromatic carbocycles. The molecule has 2 heterocycles. The molecule has 0 bridgehead atoms. The number of nitrogens with zero attached hydrogens (tertiary/aromatic N) is 2. The van der Waals surface area contributed by atoms with E-state index in [-0.39, 0.29) is 24.5 Å². The number of anilines is 1. The van der Waals surface area contributed by atoms with Crippen LogP contribution in [0.25, 0.3) is 0 Å². The van der Waals surface area contributed by atoms with E-state index in [1.807, 2.05) is 12.1 Å². The Morgan fingerprint density at radius 3 is 2.92 bits per heavy atom. The summed E-state index contributed by atoms with van der Waals surface area (Å²) in [5.41, 5.74) is 0.602. The number of aromatic nitrogens is 1. The van der Waals surface area contributed by atoms with E-state index in [1.54, 1.807) is 35.5 Å². The van der Waals surface area contributed by atoms with Crippen molar-refractivity contribution in [3.63, 3.8) is 0 Å². The van der Waals surface area contributed by atoms with E-state index in [1.165, 1.54) is 0 Å². The van der Waals surface area contributed by atoms with Crippen molar-refractivity contribution in [3.8, 4) is 5.75 Å². The molecule has 9 heteroatoms. The van der Waals surface area contributed by atoms with Crippen LogP contribution in [0.5, 0.6) is 5.75 Å². The maximum absolute atomic E-state index is 12.6. The number of amides is 2. The molecule has 1 unspecified atom stereocenters. The third-order valence-corrected chi connectivity index (χ3v) is 4.60. The Kier molecular flexibility index (Phi) is 7.78. The van der Waals surface area contributed by atoms with Crippen LogP contribution in [0, 0.1) is 0 Å². The molecule has 1 aromatic heterocycles. The molecule has 1 aliphatic heterocycles. The summed E-state index contributed by atoms with van der Waals surface area (Å²) in [5.74, 6) is 0.679. The number of carbonyl (C=O) groups is 1. The smallest absolute Gasteiger partial charge is 0.322 e. The minimum Gasteiger partial charge on any atom is -0.490 e. The zero-order chi connectivity index (χ0) is 17.6. The van der Waals surface area contributed by atoms with Gasteiger partial charge >= 0.3 is 6.03 Å². The van der Waals surface area contributed by atoms with Crippen molar-refractivity contribution in [1.82, 2.24) is 15.2 Å². The Balaban J connectivity index is 0.00000243. The predicted molar refractivity (Wildman–Crippen MR) is 106 cm³/mol. The fourth-order valence-electron chi connectivity index (χ4n) is 2.57. The third kappa shape index (κ3) is 5.38. The first-order valence-corrected chi connectivity index (χ1v) is 8.65. The second-order valence-corrected chi connectivity index (χ2v) is 6.42. The molecule has 2 aromatic rings. The summed E-state index contributed by atoms with van der Waals surface area (Å²) < 4.78 is 5.75. The normalized spacial score (nSPS) is 16.5. The Morgan fingerprint density at radius 1 is 1.35 bits per heavy atom. The van der Waals surface area contributed by atoms with Crippen molar-refractivity contribution in [2.45, 2.75) is 6.04 Å². The summed E-state index contributed by atoms with van der Waals surface area (Å²) in [6, 6.07) is 8.37. The van der Waals surface area contributed by atoms with Crippen LogP contribution in [-0.4, -0.2) is 48.2 Å². The van der Waals surface area contributed by atoms with E-state index in [0.717, 1.165) is 6.54 Å². The number of halogens is 3. The number of carbonyl (C=O) groups excluding carboxylic acids is 1. The fourth-order valence-corrected chi connectivity index (χ4v) is 2.87. The number of ether oxygens (including phenoxy) is 1. The SMILES string of the molecule is Cl.O=C(Nc1ccc(Cl)c(Cl)c1)N1CCNCC1COc1cccnc1. The molecular formula is C17H19Cl3N4O2.